The van der Waals surface area contributed by atoms with E-state index in [1.54, 1.807) is 20.3 Å². The van der Waals surface area contributed by atoms with Crippen LogP contribution in [-0.4, -0.2) is 40.2 Å². The Kier molecular flexibility index (Phi) is 6.26. The highest BCUT2D eigenvalue weighted by Crippen LogP contribution is 2.50. The minimum absolute atomic E-state index is 0.00971. The monoisotopic (exact) mass is 452 g/mol. The molecule has 1 saturated carbocycles. The van der Waals surface area contributed by atoms with Crippen LogP contribution in [-0.2, 0) is 11.2 Å². The van der Waals surface area contributed by atoms with Crippen LogP contribution in [0, 0.1) is 5.92 Å². The van der Waals surface area contributed by atoms with Gasteiger partial charge in [-0.15, -0.1) is 0 Å². The number of aryl methyl sites for hydroxylation is 1. The maximum atomic E-state index is 13.0. The fraction of sp³-hybridized carbons (Fsp3) is 0.400. The second-order valence-corrected chi connectivity index (χ2v) is 8.26. The number of hydrogen-bond donors (Lipinski definition) is 2. The molecule has 0 heterocycles. The number of hydrogen-bond acceptors (Lipinski definition) is 6. The van der Waals surface area contributed by atoms with Gasteiger partial charge in [-0.3, -0.25) is 14.4 Å². The molecule has 2 aromatic rings. The third kappa shape index (κ3) is 4.13. The van der Waals surface area contributed by atoms with Gasteiger partial charge in [0.2, 0.25) is 11.7 Å². The van der Waals surface area contributed by atoms with Crippen LogP contribution in [0.25, 0.3) is 11.1 Å². The van der Waals surface area contributed by atoms with Gasteiger partial charge < -0.3 is 24.8 Å². The van der Waals surface area contributed by atoms with E-state index >= 15 is 0 Å². The van der Waals surface area contributed by atoms with E-state index in [9.17, 15) is 14.4 Å². The van der Waals surface area contributed by atoms with Crippen molar-refractivity contribution in [1.82, 2.24) is 10.6 Å². The Morgan fingerprint density at radius 3 is 2.30 bits per heavy atom. The second-order valence-electron chi connectivity index (χ2n) is 8.26. The molecule has 4 rings (SSSR count). The van der Waals surface area contributed by atoms with Gasteiger partial charge in [0.05, 0.1) is 32.9 Å². The molecule has 2 aliphatic carbocycles. The van der Waals surface area contributed by atoms with E-state index in [1.807, 2.05) is 6.07 Å². The SMILES string of the molecule is CNC(=O)c1ccc2c(cc1=O)[C@@H](NC(=O)C1CC1)CCc1cc(OC)c(OC)c(OC)c1-2. The van der Waals surface area contributed by atoms with Gasteiger partial charge in [0.15, 0.2) is 16.9 Å². The van der Waals surface area contributed by atoms with E-state index in [0.717, 1.165) is 24.0 Å². The van der Waals surface area contributed by atoms with E-state index in [0.29, 0.717) is 41.2 Å². The zero-order valence-electron chi connectivity index (χ0n) is 19.2. The molecule has 8 heteroatoms. The minimum Gasteiger partial charge on any atom is -0.493 e. The Morgan fingerprint density at radius 2 is 1.70 bits per heavy atom. The molecule has 0 aromatic heterocycles. The Bertz CT molecular complexity index is 1170. The van der Waals surface area contributed by atoms with E-state index in [-0.39, 0.29) is 23.4 Å². The molecule has 0 saturated heterocycles. The van der Waals surface area contributed by atoms with Crippen LogP contribution in [0.2, 0.25) is 0 Å². The highest BCUT2D eigenvalue weighted by molar-refractivity contribution is 5.94. The number of methoxy groups -OCH3 is 3. The lowest BCUT2D eigenvalue weighted by Gasteiger charge is -2.20. The van der Waals surface area contributed by atoms with Crippen LogP contribution in [0.4, 0.5) is 0 Å². The lowest BCUT2D eigenvalue weighted by Crippen LogP contribution is -2.30. The average Bonchev–Trinajstić information content (AvgIpc) is 3.68. The molecule has 0 radical (unpaired) electrons. The smallest absolute Gasteiger partial charge is 0.254 e. The molecule has 33 heavy (non-hydrogen) atoms. The van der Waals surface area contributed by atoms with E-state index in [1.165, 1.54) is 26.3 Å². The molecule has 0 spiro atoms. The Labute approximate surface area is 192 Å². The van der Waals surface area contributed by atoms with Crippen molar-refractivity contribution in [2.45, 2.75) is 31.7 Å². The van der Waals surface area contributed by atoms with Crippen molar-refractivity contribution in [2.75, 3.05) is 28.4 Å². The molecule has 2 aliphatic rings. The van der Waals surface area contributed by atoms with Crippen LogP contribution in [0.15, 0.2) is 29.1 Å². The molecule has 174 valence electrons. The summed E-state index contributed by atoms with van der Waals surface area (Å²) in [5.74, 6) is 0.992. The second kappa shape index (κ2) is 9.13. The maximum Gasteiger partial charge on any atom is 0.254 e. The first-order valence-corrected chi connectivity index (χ1v) is 11.0. The number of benzene rings is 1. The first kappa shape index (κ1) is 22.6. The zero-order valence-corrected chi connectivity index (χ0v) is 19.2. The van der Waals surface area contributed by atoms with Crippen molar-refractivity contribution >= 4 is 11.8 Å². The van der Waals surface area contributed by atoms with Crippen molar-refractivity contribution < 1.29 is 23.8 Å². The molecular formula is C25H28N2O6. The molecule has 1 atom stereocenters. The lowest BCUT2D eigenvalue weighted by molar-refractivity contribution is -0.123. The third-order valence-electron chi connectivity index (χ3n) is 6.27. The summed E-state index contributed by atoms with van der Waals surface area (Å²) in [6.07, 6.45) is 2.96. The molecular weight excluding hydrogens is 424 g/mol. The number of amides is 2. The number of rotatable bonds is 6. The summed E-state index contributed by atoms with van der Waals surface area (Å²) in [4.78, 5) is 38.0. The van der Waals surface area contributed by atoms with Gasteiger partial charge in [0.1, 0.15) is 0 Å². The van der Waals surface area contributed by atoms with Crippen LogP contribution in [0.3, 0.4) is 0 Å². The van der Waals surface area contributed by atoms with Gasteiger partial charge in [-0.1, -0.05) is 6.07 Å². The fourth-order valence-electron chi connectivity index (χ4n) is 4.42. The Morgan fingerprint density at radius 1 is 0.970 bits per heavy atom. The zero-order chi connectivity index (χ0) is 23.7. The van der Waals surface area contributed by atoms with Gasteiger partial charge >= 0.3 is 0 Å². The van der Waals surface area contributed by atoms with Crippen molar-refractivity contribution in [2.24, 2.45) is 5.92 Å². The molecule has 2 amide bonds. The number of fused-ring (bicyclic) bond motifs is 3. The molecule has 0 aliphatic heterocycles. The Balaban J connectivity index is 2.00. The summed E-state index contributed by atoms with van der Waals surface area (Å²) in [6, 6.07) is 6.24. The summed E-state index contributed by atoms with van der Waals surface area (Å²) in [5.41, 5.74) is 2.66. The molecule has 8 nitrogen and oxygen atoms in total. The predicted octanol–water partition coefficient (Wildman–Crippen LogP) is 2.61. The lowest BCUT2D eigenvalue weighted by atomic mass is 9.95. The normalized spacial score (nSPS) is 16.5. The molecule has 2 N–H and O–H groups in total. The van der Waals surface area contributed by atoms with E-state index in [2.05, 4.69) is 10.6 Å². The maximum absolute atomic E-state index is 13.0. The summed E-state index contributed by atoms with van der Waals surface area (Å²) in [7, 11) is 6.13. The van der Waals surface area contributed by atoms with Gasteiger partial charge in [0, 0.05) is 18.5 Å². The number of carbonyl (C=O) groups is 2. The van der Waals surface area contributed by atoms with Crippen LogP contribution < -0.4 is 30.3 Å². The van der Waals surface area contributed by atoms with Gasteiger partial charge in [-0.05, 0) is 60.6 Å². The van der Waals surface area contributed by atoms with Gasteiger partial charge in [-0.25, -0.2) is 0 Å². The number of nitrogens with one attached hydrogen (secondary N) is 2. The van der Waals surface area contributed by atoms with Crippen LogP contribution in [0.5, 0.6) is 17.2 Å². The Hall–Kier alpha value is -3.55. The predicted molar refractivity (Wildman–Crippen MR) is 123 cm³/mol. The fourth-order valence-corrected chi connectivity index (χ4v) is 4.42. The quantitative estimate of drug-likeness (QED) is 0.699. The van der Waals surface area contributed by atoms with Crippen molar-refractivity contribution in [3.63, 3.8) is 0 Å². The van der Waals surface area contributed by atoms with E-state index in [4.69, 9.17) is 14.2 Å². The summed E-state index contributed by atoms with van der Waals surface area (Å²) < 4.78 is 16.9. The molecule has 1 fully saturated rings. The summed E-state index contributed by atoms with van der Waals surface area (Å²) in [6.45, 7) is 0. The van der Waals surface area contributed by atoms with Crippen LogP contribution in [0.1, 0.15) is 46.8 Å². The minimum atomic E-state index is -0.469. The standard InChI is InChI=1S/C25H28N2O6/c1-26-25(30)16-9-8-15-17(12-19(16)28)18(27-24(29)13-5-6-13)10-7-14-11-20(31-2)22(32-3)23(33-4)21(14)15/h8-9,11-13,18H,5-7,10H2,1-4H3,(H,26,30)(H,27,29)/t18-/m0/s1. The first-order chi connectivity index (χ1) is 15.9. The van der Waals surface area contributed by atoms with Crippen LogP contribution >= 0.6 is 0 Å². The molecule has 0 unspecified atom stereocenters. The summed E-state index contributed by atoms with van der Waals surface area (Å²) >= 11 is 0. The van der Waals surface area contributed by atoms with Gasteiger partial charge in [-0.2, -0.15) is 0 Å². The first-order valence-electron chi connectivity index (χ1n) is 11.0. The van der Waals surface area contributed by atoms with Crippen molar-refractivity contribution in [3.8, 4) is 28.4 Å². The summed E-state index contributed by atoms with van der Waals surface area (Å²) in [5, 5.41) is 5.64. The highest BCUT2D eigenvalue weighted by atomic mass is 16.5. The number of ether oxygens (including phenoxy) is 3. The van der Waals surface area contributed by atoms with Gasteiger partial charge in [0.25, 0.3) is 5.91 Å². The third-order valence-corrected chi connectivity index (χ3v) is 6.27. The average molecular weight is 453 g/mol. The topological polar surface area (TPSA) is 103 Å². The van der Waals surface area contributed by atoms with Crippen molar-refractivity contribution in [3.05, 3.63) is 51.2 Å². The van der Waals surface area contributed by atoms with E-state index < -0.39 is 11.3 Å². The largest absolute Gasteiger partial charge is 0.493 e. The highest BCUT2D eigenvalue weighted by Gasteiger charge is 2.34. The number of carbonyl (C=O) groups excluding carboxylic acids is 2. The molecule has 2 aromatic carbocycles. The van der Waals surface area contributed by atoms with Crippen molar-refractivity contribution in [1.29, 1.82) is 0 Å². The molecule has 0 bridgehead atoms.